The molecule has 0 N–H and O–H groups in total. The van der Waals surface area contributed by atoms with Gasteiger partial charge in [-0.3, -0.25) is 0 Å². The van der Waals surface area contributed by atoms with E-state index in [4.69, 9.17) is 9.47 Å². The summed E-state index contributed by atoms with van der Waals surface area (Å²) in [6.07, 6.45) is 3.42. The molecule has 0 saturated heterocycles. The molecule has 2 nitrogen and oxygen atoms in total. The number of para-hydroxylation sites is 2. The predicted octanol–water partition coefficient (Wildman–Crippen LogP) is 10.3. The maximum Gasteiger partial charge on any atom is 0.122 e. The molecular weight excluding hydrogens is 452 g/mol. The van der Waals surface area contributed by atoms with Gasteiger partial charge in [0, 0.05) is 6.42 Å². The number of fused-ring (bicyclic) bond motifs is 2. The lowest BCUT2D eigenvalue weighted by Gasteiger charge is -2.15. The highest BCUT2D eigenvalue weighted by atomic mass is 16.5. The summed E-state index contributed by atoms with van der Waals surface area (Å²) in [5, 5.41) is 0. The molecule has 206 valence electrons. The Morgan fingerprint density at radius 2 is 0.757 bits per heavy atom. The first-order valence-corrected chi connectivity index (χ1v) is 14.0. The molecule has 0 bridgehead atoms. The molecule has 0 amide bonds. The normalized spacial score (nSPS) is 12.0. The molecule has 3 aromatic rings. The van der Waals surface area contributed by atoms with Crippen LogP contribution >= 0.6 is 0 Å². The highest BCUT2D eigenvalue weighted by Gasteiger charge is 2.08. The standard InChI is InChI=1S/C9H10O.C8H8O.C6H6.3C4H10/c1-2-6-9-8(4-1)5-3-7-10-9;1-2-4-8-7(3-1)5-6-9-8;1-2-4-6-5-3-1;3*1-4(2)3/h1-2,4,6H,3,5,7H2;1-4H,5-6H2;1-6H;3*4H,1-3H3. The van der Waals surface area contributed by atoms with Crippen molar-refractivity contribution in [3.05, 3.63) is 96.1 Å². The third-order valence-electron chi connectivity index (χ3n) is 4.09. The summed E-state index contributed by atoms with van der Waals surface area (Å²) in [7, 11) is 0. The quantitative estimate of drug-likeness (QED) is 0.302. The minimum absolute atomic E-state index is 0.833. The van der Waals surface area contributed by atoms with Crippen molar-refractivity contribution >= 4 is 0 Å². The Morgan fingerprint density at radius 3 is 1.11 bits per heavy atom. The van der Waals surface area contributed by atoms with Crippen molar-refractivity contribution in [3.8, 4) is 11.5 Å². The Hall–Kier alpha value is -2.74. The topological polar surface area (TPSA) is 18.5 Å². The Kier molecular flexibility index (Phi) is 20.8. The van der Waals surface area contributed by atoms with Crippen LogP contribution in [0, 0.1) is 17.8 Å². The van der Waals surface area contributed by atoms with Crippen molar-refractivity contribution in [1.29, 1.82) is 0 Å². The number of aryl methyl sites for hydroxylation is 1. The van der Waals surface area contributed by atoms with Gasteiger partial charge in [0.25, 0.3) is 0 Å². The van der Waals surface area contributed by atoms with E-state index in [1.165, 1.54) is 17.5 Å². The number of ether oxygens (including phenoxy) is 2. The molecule has 0 radical (unpaired) electrons. The number of hydrogen-bond donors (Lipinski definition) is 0. The lowest BCUT2D eigenvalue weighted by molar-refractivity contribution is 0.288. The lowest BCUT2D eigenvalue weighted by Crippen LogP contribution is -2.07. The average molecular weight is 507 g/mol. The molecule has 0 aliphatic carbocycles. The molecule has 3 aromatic carbocycles. The summed E-state index contributed by atoms with van der Waals surface area (Å²) < 4.78 is 10.7. The van der Waals surface area contributed by atoms with Gasteiger partial charge in [0.15, 0.2) is 0 Å². The van der Waals surface area contributed by atoms with E-state index in [0.717, 1.165) is 55.3 Å². The Bertz CT molecular complexity index is 787. The minimum atomic E-state index is 0.833. The molecule has 0 unspecified atom stereocenters. The van der Waals surface area contributed by atoms with Crippen LogP contribution in [0.5, 0.6) is 11.5 Å². The maximum absolute atomic E-state index is 5.42. The summed E-state index contributed by atoms with van der Waals surface area (Å²) >= 11 is 0. The Labute approximate surface area is 229 Å². The van der Waals surface area contributed by atoms with Crippen LogP contribution in [0.1, 0.15) is 79.9 Å². The van der Waals surface area contributed by atoms with Crippen molar-refractivity contribution in [2.24, 2.45) is 17.8 Å². The second-order valence-electron chi connectivity index (χ2n) is 11.1. The van der Waals surface area contributed by atoms with Gasteiger partial charge in [-0.25, -0.2) is 0 Å². The second-order valence-corrected chi connectivity index (χ2v) is 11.1. The van der Waals surface area contributed by atoms with E-state index in [2.05, 4.69) is 80.5 Å². The van der Waals surface area contributed by atoms with E-state index in [1.807, 2.05) is 66.7 Å². The van der Waals surface area contributed by atoms with Crippen molar-refractivity contribution in [2.45, 2.75) is 81.6 Å². The molecule has 2 heteroatoms. The summed E-state index contributed by atoms with van der Waals surface area (Å²) in [5.41, 5.74) is 2.70. The van der Waals surface area contributed by atoms with Crippen molar-refractivity contribution in [3.63, 3.8) is 0 Å². The highest BCUT2D eigenvalue weighted by Crippen LogP contribution is 2.24. The van der Waals surface area contributed by atoms with Gasteiger partial charge >= 0.3 is 0 Å². The van der Waals surface area contributed by atoms with Gasteiger partial charge in [-0.15, -0.1) is 0 Å². The fourth-order valence-electron chi connectivity index (χ4n) is 2.80. The van der Waals surface area contributed by atoms with E-state index in [1.54, 1.807) is 0 Å². The fraction of sp³-hybridized carbons (Fsp3) is 0.486. The third-order valence-corrected chi connectivity index (χ3v) is 4.09. The highest BCUT2D eigenvalue weighted by molar-refractivity contribution is 5.36. The zero-order valence-electron chi connectivity index (χ0n) is 25.2. The number of hydrogen-bond acceptors (Lipinski definition) is 2. The van der Waals surface area contributed by atoms with Crippen LogP contribution in [0.25, 0.3) is 0 Å². The van der Waals surface area contributed by atoms with Gasteiger partial charge in [0.05, 0.1) is 13.2 Å². The SMILES string of the molecule is CC(C)C.CC(C)C.CC(C)C.c1ccc2c(c1)CCCO2.c1ccc2c(c1)CCO2.c1ccccc1. The van der Waals surface area contributed by atoms with Crippen molar-refractivity contribution < 1.29 is 9.47 Å². The number of rotatable bonds is 0. The summed E-state index contributed by atoms with van der Waals surface area (Å²) in [6.45, 7) is 21.2. The van der Waals surface area contributed by atoms with Crippen LogP contribution in [0.4, 0.5) is 0 Å². The first-order valence-electron chi connectivity index (χ1n) is 14.0. The minimum Gasteiger partial charge on any atom is -0.493 e. The van der Waals surface area contributed by atoms with Gasteiger partial charge in [-0.05, 0) is 53.9 Å². The first kappa shape index (κ1) is 34.3. The van der Waals surface area contributed by atoms with E-state index in [-0.39, 0.29) is 0 Å². The molecule has 0 saturated carbocycles. The van der Waals surface area contributed by atoms with Gasteiger partial charge in [-0.1, -0.05) is 135 Å². The smallest absolute Gasteiger partial charge is 0.122 e. The molecule has 0 atom stereocenters. The van der Waals surface area contributed by atoms with Crippen LogP contribution < -0.4 is 9.47 Å². The molecule has 0 spiro atoms. The second kappa shape index (κ2) is 22.5. The van der Waals surface area contributed by atoms with Crippen LogP contribution in [-0.4, -0.2) is 13.2 Å². The maximum atomic E-state index is 5.42. The van der Waals surface area contributed by atoms with E-state index < -0.39 is 0 Å². The molecule has 37 heavy (non-hydrogen) atoms. The summed E-state index contributed by atoms with van der Waals surface area (Å²) in [5.74, 6) is 4.64. The lowest BCUT2D eigenvalue weighted by atomic mass is 10.1. The summed E-state index contributed by atoms with van der Waals surface area (Å²) in [4.78, 5) is 0. The first-order chi connectivity index (χ1) is 17.6. The van der Waals surface area contributed by atoms with Crippen LogP contribution in [0.2, 0.25) is 0 Å². The van der Waals surface area contributed by atoms with E-state index in [9.17, 15) is 0 Å². The Morgan fingerprint density at radius 1 is 0.432 bits per heavy atom. The fourth-order valence-corrected chi connectivity index (χ4v) is 2.80. The molecule has 2 aliphatic heterocycles. The number of benzene rings is 3. The van der Waals surface area contributed by atoms with Gasteiger partial charge in [-0.2, -0.15) is 0 Å². The van der Waals surface area contributed by atoms with Crippen LogP contribution in [0.3, 0.4) is 0 Å². The molecule has 0 fully saturated rings. The summed E-state index contributed by atoms with van der Waals surface area (Å²) in [6, 6.07) is 28.4. The van der Waals surface area contributed by atoms with Gasteiger partial charge in [0.2, 0.25) is 0 Å². The molecular formula is C35H54O2. The van der Waals surface area contributed by atoms with Crippen molar-refractivity contribution in [1.82, 2.24) is 0 Å². The third kappa shape index (κ3) is 22.2. The van der Waals surface area contributed by atoms with E-state index in [0.29, 0.717) is 0 Å². The average Bonchev–Trinajstić information content (AvgIpc) is 3.34. The van der Waals surface area contributed by atoms with Gasteiger partial charge < -0.3 is 9.47 Å². The van der Waals surface area contributed by atoms with Crippen LogP contribution in [-0.2, 0) is 12.8 Å². The zero-order chi connectivity index (χ0) is 27.9. The Balaban J connectivity index is 0.000000443. The van der Waals surface area contributed by atoms with Gasteiger partial charge in [0.1, 0.15) is 11.5 Å². The van der Waals surface area contributed by atoms with Crippen LogP contribution in [0.15, 0.2) is 84.9 Å². The van der Waals surface area contributed by atoms with Crippen molar-refractivity contribution in [2.75, 3.05) is 13.2 Å². The molecule has 2 heterocycles. The predicted molar refractivity (Wildman–Crippen MR) is 164 cm³/mol. The molecule has 0 aromatic heterocycles. The zero-order valence-corrected chi connectivity index (χ0v) is 25.2. The monoisotopic (exact) mass is 506 g/mol. The molecule has 2 aliphatic rings. The molecule has 5 rings (SSSR count). The largest absolute Gasteiger partial charge is 0.493 e. The van der Waals surface area contributed by atoms with E-state index >= 15 is 0 Å².